The number of pyridine rings is 1. The third-order valence-electron chi connectivity index (χ3n) is 6.39. The van der Waals surface area contributed by atoms with Gasteiger partial charge in [-0.3, -0.25) is 14.8 Å². The number of aromatic nitrogens is 1. The molecule has 4 nitrogen and oxygen atoms in total. The van der Waals surface area contributed by atoms with Crippen LogP contribution in [-0.2, 0) is 19.5 Å². The molecular weight excluding hydrogens is 344 g/mol. The van der Waals surface area contributed by atoms with Crippen molar-refractivity contribution in [2.45, 2.75) is 32.4 Å². The van der Waals surface area contributed by atoms with Crippen LogP contribution in [0.2, 0.25) is 0 Å². The summed E-state index contributed by atoms with van der Waals surface area (Å²) in [5.74, 6) is 0.827. The number of hydrogen-bond acceptors (Lipinski definition) is 4. The zero-order valence-electron chi connectivity index (χ0n) is 17.3. The number of piperazine rings is 1. The molecule has 0 aliphatic carbocycles. The van der Waals surface area contributed by atoms with Gasteiger partial charge < -0.3 is 4.90 Å². The van der Waals surface area contributed by atoms with E-state index in [-0.39, 0.29) is 0 Å². The van der Waals surface area contributed by atoms with E-state index in [1.807, 2.05) is 18.5 Å². The molecule has 4 heteroatoms. The van der Waals surface area contributed by atoms with E-state index in [4.69, 9.17) is 0 Å². The van der Waals surface area contributed by atoms with Crippen molar-refractivity contribution in [3.05, 3.63) is 65.5 Å². The first-order chi connectivity index (χ1) is 13.7. The lowest BCUT2D eigenvalue weighted by Crippen LogP contribution is -2.43. The van der Waals surface area contributed by atoms with Crippen molar-refractivity contribution in [3.63, 3.8) is 0 Å². The molecule has 0 atom stereocenters. The molecule has 0 radical (unpaired) electrons. The summed E-state index contributed by atoms with van der Waals surface area (Å²) in [6.07, 6.45) is 7.70. The van der Waals surface area contributed by atoms with E-state index >= 15 is 0 Å². The number of nitrogens with zero attached hydrogens (tertiary/aromatic N) is 4. The maximum atomic E-state index is 4.24. The SMILES string of the molecule is CN1CCN(Cc2ccc(CC3CCN(Cc4cccnc4)CC3)cc2)CC1. The Morgan fingerprint density at radius 3 is 2.11 bits per heavy atom. The number of hydrogen-bond donors (Lipinski definition) is 0. The second-order valence-corrected chi connectivity index (χ2v) is 8.68. The Morgan fingerprint density at radius 2 is 1.43 bits per heavy atom. The van der Waals surface area contributed by atoms with Crippen LogP contribution < -0.4 is 0 Å². The summed E-state index contributed by atoms with van der Waals surface area (Å²) in [5, 5.41) is 0. The molecule has 2 aliphatic heterocycles. The lowest BCUT2D eigenvalue weighted by molar-refractivity contribution is 0.148. The minimum atomic E-state index is 0.827. The van der Waals surface area contributed by atoms with Crippen molar-refractivity contribution < 1.29 is 0 Å². The lowest BCUT2D eigenvalue weighted by Gasteiger charge is -2.32. The van der Waals surface area contributed by atoms with Crippen molar-refractivity contribution in [1.29, 1.82) is 0 Å². The molecule has 0 unspecified atom stereocenters. The number of rotatable bonds is 6. The fourth-order valence-corrected chi connectivity index (χ4v) is 4.48. The van der Waals surface area contributed by atoms with Crippen LogP contribution in [0.1, 0.15) is 29.5 Å². The second-order valence-electron chi connectivity index (χ2n) is 8.68. The lowest BCUT2D eigenvalue weighted by atomic mass is 9.90. The van der Waals surface area contributed by atoms with Crippen LogP contribution in [0, 0.1) is 5.92 Å². The Morgan fingerprint density at radius 1 is 0.786 bits per heavy atom. The maximum Gasteiger partial charge on any atom is 0.0312 e. The van der Waals surface area contributed by atoms with Crippen molar-refractivity contribution in [1.82, 2.24) is 19.7 Å². The van der Waals surface area contributed by atoms with Gasteiger partial charge in [-0.05, 0) is 68.1 Å². The van der Waals surface area contributed by atoms with Crippen molar-refractivity contribution in [2.24, 2.45) is 5.92 Å². The van der Waals surface area contributed by atoms with Gasteiger partial charge in [-0.25, -0.2) is 0 Å². The molecule has 2 fully saturated rings. The smallest absolute Gasteiger partial charge is 0.0312 e. The Labute approximate surface area is 170 Å². The Hall–Kier alpha value is -1.75. The quantitative estimate of drug-likeness (QED) is 0.769. The predicted molar refractivity (Wildman–Crippen MR) is 115 cm³/mol. The molecule has 0 bridgehead atoms. The van der Waals surface area contributed by atoms with Gasteiger partial charge in [0.2, 0.25) is 0 Å². The summed E-state index contributed by atoms with van der Waals surface area (Å²) >= 11 is 0. The fraction of sp³-hybridized carbons (Fsp3) is 0.542. The summed E-state index contributed by atoms with van der Waals surface area (Å²) in [6.45, 7) is 9.32. The van der Waals surface area contributed by atoms with Gasteiger partial charge >= 0.3 is 0 Å². The van der Waals surface area contributed by atoms with E-state index in [0.29, 0.717) is 0 Å². The van der Waals surface area contributed by atoms with Crippen LogP contribution in [0.4, 0.5) is 0 Å². The molecule has 28 heavy (non-hydrogen) atoms. The summed E-state index contributed by atoms with van der Waals surface area (Å²) in [7, 11) is 2.22. The van der Waals surface area contributed by atoms with E-state index in [2.05, 4.69) is 57.1 Å². The molecule has 0 N–H and O–H groups in total. The number of likely N-dealkylation sites (tertiary alicyclic amines) is 1. The first-order valence-electron chi connectivity index (χ1n) is 10.8. The van der Waals surface area contributed by atoms with Crippen LogP contribution in [0.25, 0.3) is 0 Å². The highest BCUT2D eigenvalue weighted by Crippen LogP contribution is 2.23. The molecule has 4 rings (SSSR count). The van der Waals surface area contributed by atoms with Gasteiger partial charge in [0, 0.05) is 51.7 Å². The average molecular weight is 379 g/mol. The van der Waals surface area contributed by atoms with Gasteiger partial charge in [-0.1, -0.05) is 30.3 Å². The standard InChI is InChI=1S/C24H34N4/c1-26-13-15-28(16-14-26)19-23-6-4-21(5-7-23)17-22-8-11-27(12-9-22)20-24-3-2-10-25-18-24/h2-7,10,18,22H,8-9,11-17,19-20H2,1H3. The Bertz CT molecular complexity index is 699. The van der Waals surface area contributed by atoms with Gasteiger partial charge in [0.1, 0.15) is 0 Å². The molecule has 2 aliphatic rings. The third kappa shape index (κ3) is 5.63. The number of likely N-dealkylation sites (N-methyl/N-ethyl adjacent to an activating group) is 1. The van der Waals surface area contributed by atoms with Crippen molar-refractivity contribution >= 4 is 0 Å². The van der Waals surface area contributed by atoms with Gasteiger partial charge in [-0.15, -0.1) is 0 Å². The first-order valence-corrected chi connectivity index (χ1v) is 10.8. The highest BCUT2D eigenvalue weighted by atomic mass is 15.2. The minimum Gasteiger partial charge on any atom is -0.304 e. The van der Waals surface area contributed by atoms with Gasteiger partial charge in [0.05, 0.1) is 0 Å². The second kappa shape index (κ2) is 9.64. The summed E-state index contributed by atoms with van der Waals surface area (Å²) in [5.41, 5.74) is 4.30. The van der Waals surface area contributed by atoms with Crippen LogP contribution in [0.5, 0.6) is 0 Å². The molecule has 0 saturated carbocycles. The molecule has 1 aromatic heterocycles. The summed E-state index contributed by atoms with van der Waals surface area (Å²) in [4.78, 5) is 11.8. The van der Waals surface area contributed by atoms with Crippen LogP contribution in [-0.4, -0.2) is 66.0 Å². The topological polar surface area (TPSA) is 22.6 Å². The third-order valence-corrected chi connectivity index (χ3v) is 6.39. The van der Waals surface area contributed by atoms with E-state index in [1.54, 1.807) is 0 Å². The molecule has 0 amide bonds. The van der Waals surface area contributed by atoms with Gasteiger partial charge in [0.25, 0.3) is 0 Å². The van der Waals surface area contributed by atoms with Gasteiger partial charge in [-0.2, -0.15) is 0 Å². The molecule has 2 aromatic rings. The van der Waals surface area contributed by atoms with Crippen LogP contribution >= 0.6 is 0 Å². The Balaban J connectivity index is 1.21. The highest BCUT2D eigenvalue weighted by Gasteiger charge is 2.20. The molecular formula is C24H34N4. The van der Waals surface area contributed by atoms with Crippen LogP contribution in [0.15, 0.2) is 48.8 Å². The van der Waals surface area contributed by atoms with Gasteiger partial charge in [0.15, 0.2) is 0 Å². The molecule has 3 heterocycles. The monoisotopic (exact) mass is 378 g/mol. The van der Waals surface area contributed by atoms with Crippen LogP contribution in [0.3, 0.4) is 0 Å². The van der Waals surface area contributed by atoms with E-state index in [1.165, 1.54) is 75.2 Å². The maximum absolute atomic E-state index is 4.24. The predicted octanol–water partition coefficient (Wildman–Crippen LogP) is 3.28. The number of benzene rings is 1. The minimum absolute atomic E-state index is 0.827. The molecule has 0 spiro atoms. The zero-order chi connectivity index (χ0) is 19.2. The normalized spacial score (nSPS) is 20.5. The van der Waals surface area contributed by atoms with Crippen molar-refractivity contribution in [3.8, 4) is 0 Å². The zero-order valence-corrected chi connectivity index (χ0v) is 17.3. The molecule has 1 aromatic carbocycles. The summed E-state index contributed by atoms with van der Waals surface area (Å²) < 4.78 is 0. The Kier molecular flexibility index (Phi) is 6.73. The van der Waals surface area contributed by atoms with Crippen molar-refractivity contribution in [2.75, 3.05) is 46.3 Å². The highest BCUT2D eigenvalue weighted by molar-refractivity contribution is 5.23. The molecule has 2 saturated heterocycles. The average Bonchev–Trinajstić information content (AvgIpc) is 2.73. The molecule has 150 valence electrons. The largest absolute Gasteiger partial charge is 0.304 e. The summed E-state index contributed by atoms with van der Waals surface area (Å²) in [6, 6.07) is 13.7. The van der Waals surface area contributed by atoms with E-state index in [0.717, 1.165) is 19.0 Å². The fourth-order valence-electron chi connectivity index (χ4n) is 4.48. The van der Waals surface area contributed by atoms with E-state index in [9.17, 15) is 0 Å². The number of piperidine rings is 1. The first kappa shape index (κ1) is 19.6. The van der Waals surface area contributed by atoms with E-state index < -0.39 is 0 Å².